The van der Waals surface area contributed by atoms with Gasteiger partial charge in [0.15, 0.2) is 0 Å². The van der Waals surface area contributed by atoms with Gasteiger partial charge in [-0.2, -0.15) is 0 Å². The second kappa shape index (κ2) is 14.9. The molecule has 0 saturated carbocycles. The highest BCUT2D eigenvalue weighted by Crippen LogP contribution is 2.39. The maximum Gasteiger partial charge on any atom is 0.410 e. The number of amides is 1. The predicted molar refractivity (Wildman–Crippen MR) is 197 cm³/mol. The lowest BCUT2D eigenvalue weighted by Gasteiger charge is -2.34. The number of sulfonamides is 1. The highest BCUT2D eigenvalue weighted by molar-refractivity contribution is 7.91. The number of rotatable bonds is 10. The van der Waals surface area contributed by atoms with Crippen LogP contribution >= 0.6 is 0 Å². The van der Waals surface area contributed by atoms with E-state index >= 15 is 0 Å². The Hall–Kier alpha value is -5.27. The van der Waals surface area contributed by atoms with Crippen LogP contribution in [0.1, 0.15) is 50.3 Å². The Labute approximate surface area is 297 Å². The first-order valence-corrected chi connectivity index (χ1v) is 18.5. The van der Waals surface area contributed by atoms with Crippen LogP contribution < -0.4 is 14.8 Å². The number of fused-ring (bicyclic) bond motifs is 1. The van der Waals surface area contributed by atoms with E-state index in [2.05, 4.69) is 20.0 Å². The van der Waals surface area contributed by atoms with E-state index in [1.165, 1.54) is 0 Å². The summed E-state index contributed by atoms with van der Waals surface area (Å²) in [5, 5.41) is 14.4. The fourth-order valence-corrected chi connectivity index (χ4v) is 7.31. The Balaban J connectivity index is 1.24. The van der Waals surface area contributed by atoms with Gasteiger partial charge in [0.1, 0.15) is 11.4 Å². The number of nitrogens with zero attached hydrogens (tertiary/aromatic N) is 4. The molecule has 3 aromatic carbocycles. The zero-order valence-electron chi connectivity index (χ0n) is 29.1. The lowest BCUT2D eigenvalue weighted by molar-refractivity contribution is 0.0206. The van der Waals surface area contributed by atoms with Gasteiger partial charge in [0.05, 0.1) is 29.3 Å². The van der Waals surface area contributed by atoms with E-state index in [0.29, 0.717) is 69.5 Å². The second-order valence-electron chi connectivity index (χ2n) is 13.5. The van der Waals surface area contributed by atoms with Gasteiger partial charge in [-0.25, -0.2) is 28.2 Å². The second-order valence-corrected chi connectivity index (χ2v) is 15.3. The van der Waals surface area contributed by atoms with Crippen LogP contribution in [0.5, 0.6) is 11.6 Å². The lowest BCUT2D eigenvalue weighted by Crippen LogP contribution is -2.47. The van der Waals surface area contributed by atoms with Crippen molar-refractivity contribution in [2.75, 3.05) is 23.1 Å². The molecule has 1 fully saturated rings. The maximum atomic E-state index is 13.3. The van der Waals surface area contributed by atoms with Crippen molar-refractivity contribution in [3.63, 3.8) is 0 Å². The van der Waals surface area contributed by atoms with E-state index < -0.39 is 15.6 Å². The summed E-state index contributed by atoms with van der Waals surface area (Å²) >= 11 is 0. The van der Waals surface area contributed by atoms with Crippen molar-refractivity contribution in [3.8, 4) is 22.9 Å². The topological polar surface area (TPSA) is 156 Å². The molecule has 6 rings (SSSR count). The lowest BCUT2D eigenvalue weighted by atomic mass is 10.0. The summed E-state index contributed by atoms with van der Waals surface area (Å²) in [5.74, 6) is 0.970. The van der Waals surface area contributed by atoms with Crippen molar-refractivity contribution in [3.05, 3.63) is 102 Å². The van der Waals surface area contributed by atoms with Crippen molar-refractivity contribution >= 4 is 38.5 Å². The molecular weight excluding hydrogens is 669 g/mol. The molecule has 0 spiro atoms. The third-order valence-corrected chi connectivity index (χ3v) is 9.64. The van der Waals surface area contributed by atoms with Gasteiger partial charge in [-0.3, -0.25) is 4.72 Å². The first-order chi connectivity index (χ1) is 24.4. The van der Waals surface area contributed by atoms with Gasteiger partial charge in [0, 0.05) is 42.3 Å². The number of aromatic nitrogens is 3. The average molecular weight is 711 g/mol. The van der Waals surface area contributed by atoms with Crippen LogP contribution in [0.15, 0.2) is 85.2 Å². The monoisotopic (exact) mass is 710 g/mol. The van der Waals surface area contributed by atoms with Gasteiger partial charge < -0.3 is 24.8 Å². The number of aryl methyl sites for hydroxylation is 1. The van der Waals surface area contributed by atoms with Crippen LogP contribution in [0.4, 0.5) is 16.4 Å². The first kappa shape index (κ1) is 35.6. The zero-order chi connectivity index (χ0) is 36.2. The van der Waals surface area contributed by atoms with Gasteiger partial charge in [-0.1, -0.05) is 48.5 Å². The molecule has 1 aliphatic heterocycles. The molecule has 0 unspecified atom stereocenters. The molecule has 51 heavy (non-hydrogen) atoms. The minimum Gasteiger partial charge on any atom is -0.444 e. The summed E-state index contributed by atoms with van der Waals surface area (Å²) in [6.45, 7) is 8.32. The Morgan fingerprint density at radius 3 is 2.55 bits per heavy atom. The Bertz CT molecular complexity index is 2150. The van der Waals surface area contributed by atoms with Crippen molar-refractivity contribution < 1.29 is 27.8 Å². The van der Waals surface area contributed by atoms with E-state index in [1.54, 1.807) is 65.8 Å². The number of nitrogens with one attached hydrogen (secondary N) is 2. The SMILES string of the molecule is Cc1ccc2c(NS(=O)(=O)Cc3ccccc3CO)cccc2c1Oc1ncccc1-c1ccnc(N[C@H]2CCCN(C(=O)OC(C)(C)C)C2)n1. The fraction of sp³-hybridized carbons (Fsp3) is 0.316. The van der Waals surface area contributed by atoms with Gasteiger partial charge >= 0.3 is 6.09 Å². The molecule has 2 aromatic heterocycles. The summed E-state index contributed by atoms with van der Waals surface area (Å²) in [6.07, 6.45) is 4.64. The molecule has 12 nitrogen and oxygen atoms in total. The van der Waals surface area contributed by atoms with Crippen LogP contribution in [0.3, 0.4) is 0 Å². The molecule has 3 heterocycles. The van der Waals surface area contributed by atoms with Crippen LogP contribution in [0.25, 0.3) is 22.0 Å². The number of aliphatic hydroxyl groups is 1. The summed E-state index contributed by atoms with van der Waals surface area (Å²) in [4.78, 5) is 28.2. The summed E-state index contributed by atoms with van der Waals surface area (Å²) in [7, 11) is -3.83. The van der Waals surface area contributed by atoms with Gasteiger partial charge in [-0.15, -0.1) is 0 Å². The Kier molecular flexibility index (Phi) is 10.4. The van der Waals surface area contributed by atoms with Crippen molar-refractivity contribution in [1.82, 2.24) is 19.9 Å². The first-order valence-electron chi connectivity index (χ1n) is 16.8. The number of anilines is 2. The molecular formula is C38H42N6O6S. The number of likely N-dealkylation sites (tertiary alicyclic amines) is 1. The number of hydrogen-bond donors (Lipinski definition) is 3. The number of carbonyl (C=O) groups is 1. The molecule has 1 aliphatic rings. The zero-order valence-corrected chi connectivity index (χ0v) is 29.9. The Morgan fingerprint density at radius 2 is 1.76 bits per heavy atom. The third-order valence-electron chi connectivity index (χ3n) is 8.42. The van der Waals surface area contributed by atoms with Crippen LogP contribution in [-0.4, -0.2) is 64.2 Å². The summed E-state index contributed by atoms with van der Waals surface area (Å²) in [6, 6.07) is 21.4. The number of hydrogen-bond acceptors (Lipinski definition) is 10. The van der Waals surface area contributed by atoms with E-state index in [1.807, 2.05) is 52.0 Å². The van der Waals surface area contributed by atoms with E-state index in [4.69, 9.17) is 14.5 Å². The van der Waals surface area contributed by atoms with Gasteiger partial charge in [0.25, 0.3) is 0 Å². The highest BCUT2D eigenvalue weighted by Gasteiger charge is 2.28. The van der Waals surface area contributed by atoms with Crippen LogP contribution in [0, 0.1) is 6.92 Å². The fourth-order valence-electron chi connectivity index (χ4n) is 6.04. The van der Waals surface area contributed by atoms with Gasteiger partial charge in [-0.05, 0) is 81.5 Å². The number of carbonyl (C=O) groups excluding carboxylic acids is 1. The molecule has 0 bridgehead atoms. The minimum atomic E-state index is -3.83. The molecule has 1 atom stereocenters. The molecule has 0 aliphatic carbocycles. The molecule has 3 N–H and O–H groups in total. The molecule has 1 saturated heterocycles. The highest BCUT2D eigenvalue weighted by atomic mass is 32.2. The van der Waals surface area contributed by atoms with Crippen molar-refractivity contribution in [1.29, 1.82) is 0 Å². The molecule has 13 heteroatoms. The molecule has 1 amide bonds. The van der Waals surface area contributed by atoms with E-state index in [-0.39, 0.29) is 24.5 Å². The standard InChI is InChI=1S/C38H42N6O6S/c1-25-16-17-29-30(13-7-15-33(29)43-51(47,48)24-27-11-6-5-10-26(27)23-45)34(25)49-35-31(14-8-19-39-35)32-18-20-40-36(42-32)41-28-12-9-21-44(22-28)37(46)50-38(2,3)4/h5-8,10-11,13-20,28,43,45H,9,12,21-24H2,1-4H3,(H,40,41,42)/t28-/m0/s1. The summed E-state index contributed by atoms with van der Waals surface area (Å²) in [5.41, 5.74) is 2.97. The predicted octanol–water partition coefficient (Wildman–Crippen LogP) is 7.04. The van der Waals surface area contributed by atoms with E-state index in [9.17, 15) is 18.3 Å². The van der Waals surface area contributed by atoms with Crippen molar-refractivity contribution in [2.45, 2.75) is 64.5 Å². The smallest absolute Gasteiger partial charge is 0.410 e. The average Bonchev–Trinajstić information content (AvgIpc) is 3.09. The molecule has 0 radical (unpaired) electrons. The van der Waals surface area contributed by atoms with Crippen LogP contribution in [-0.2, 0) is 27.1 Å². The van der Waals surface area contributed by atoms with Crippen LogP contribution in [0.2, 0.25) is 0 Å². The van der Waals surface area contributed by atoms with Gasteiger partial charge in [0.2, 0.25) is 21.9 Å². The van der Waals surface area contributed by atoms with Crippen molar-refractivity contribution in [2.24, 2.45) is 0 Å². The van der Waals surface area contributed by atoms with E-state index in [0.717, 1.165) is 18.4 Å². The minimum absolute atomic E-state index is 0.0551. The molecule has 5 aromatic rings. The number of piperidine rings is 1. The number of benzene rings is 3. The maximum absolute atomic E-state index is 13.3. The number of ether oxygens (including phenoxy) is 2. The Morgan fingerprint density at radius 1 is 0.961 bits per heavy atom. The summed E-state index contributed by atoms with van der Waals surface area (Å²) < 4.78 is 41.4. The normalized spacial score (nSPS) is 15.0. The third kappa shape index (κ3) is 8.73. The molecule has 266 valence electrons. The quantitative estimate of drug-likeness (QED) is 0.137. The largest absolute Gasteiger partial charge is 0.444 e. The number of pyridine rings is 1. The number of aliphatic hydroxyl groups excluding tert-OH is 1.